The third-order valence-corrected chi connectivity index (χ3v) is 9.54. The molecule has 2 N–H and O–H groups in total. The van der Waals surface area contributed by atoms with Crippen molar-refractivity contribution >= 4 is 33.8 Å². The molecule has 234 valence electrons. The maximum atomic E-state index is 12.7. The fourth-order valence-electron chi connectivity index (χ4n) is 4.91. The molecule has 0 spiro atoms. The third kappa shape index (κ3) is 10.4. The Bertz CT molecular complexity index is 1100. The molecule has 0 aliphatic rings. The molecular formula is C36H54O4S2. The smallest absolute Gasteiger partial charge is 0.189 e. The van der Waals surface area contributed by atoms with Crippen LogP contribution in [0.25, 0.3) is 0 Å². The molecule has 0 bridgehead atoms. The van der Waals surface area contributed by atoms with Gasteiger partial charge in [-0.05, 0) is 67.9 Å². The predicted octanol–water partition coefficient (Wildman–Crippen LogP) is 9.37. The summed E-state index contributed by atoms with van der Waals surface area (Å²) in [5.74, 6) is 1.92. The van der Waals surface area contributed by atoms with Crippen LogP contribution in [0, 0.1) is 0 Å². The third-order valence-electron chi connectivity index (χ3n) is 7.42. The first-order valence-corrected chi connectivity index (χ1v) is 17.0. The standard InChI is InChI=1S/C36H54O4S2/c1-33(2,3)25-19-23(20-26(31(25)39)34(4,5)6)13-15-29(37)41-17-18-42-30(38)16-14-24-21-27(35(7,8)9)32(40)28(22-24)36(10,11)12/h19-22,39-40H,13-18H2,1-12H3. The largest absolute Gasteiger partial charge is 0.507 e. The number of phenols is 2. The van der Waals surface area contributed by atoms with Gasteiger partial charge < -0.3 is 10.2 Å². The zero-order chi connectivity index (χ0) is 32.3. The maximum Gasteiger partial charge on any atom is 0.189 e. The van der Waals surface area contributed by atoms with E-state index in [4.69, 9.17) is 0 Å². The van der Waals surface area contributed by atoms with E-state index in [0.717, 1.165) is 33.4 Å². The monoisotopic (exact) mass is 614 g/mol. The molecule has 0 radical (unpaired) electrons. The van der Waals surface area contributed by atoms with Crippen molar-refractivity contribution in [2.24, 2.45) is 0 Å². The number of benzene rings is 2. The van der Waals surface area contributed by atoms with Crippen molar-refractivity contribution in [2.45, 2.75) is 130 Å². The van der Waals surface area contributed by atoms with Gasteiger partial charge in [0.1, 0.15) is 11.5 Å². The molecule has 4 nitrogen and oxygen atoms in total. The first-order valence-electron chi connectivity index (χ1n) is 15.1. The highest BCUT2D eigenvalue weighted by Gasteiger charge is 2.28. The van der Waals surface area contributed by atoms with Crippen LogP contribution in [0.15, 0.2) is 24.3 Å². The van der Waals surface area contributed by atoms with E-state index < -0.39 is 0 Å². The van der Waals surface area contributed by atoms with Crippen LogP contribution < -0.4 is 0 Å². The molecule has 0 saturated heterocycles. The second-order valence-electron chi connectivity index (χ2n) is 15.5. The van der Waals surface area contributed by atoms with Gasteiger partial charge in [0.25, 0.3) is 0 Å². The zero-order valence-corrected chi connectivity index (χ0v) is 29.7. The lowest BCUT2D eigenvalue weighted by Gasteiger charge is -2.28. The van der Waals surface area contributed by atoms with Crippen molar-refractivity contribution in [3.05, 3.63) is 57.6 Å². The van der Waals surface area contributed by atoms with E-state index in [1.165, 1.54) is 23.5 Å². The fraction of sp³-hybridized carbons (Fsp3) is 0.611. The van der Waals surface area contributed by atoms with Gasteiger partial charge in [-0.1, -0.05) is 131 Å². The van der Waals surface area contributed by atoms with Gasteiger partial charge in [0.2, 0.25) is 0 Å². The molecule has 0 saturated carbocycles. The molecule has 2 rings (SSSR count). The Labute approximate surface area is 263 Å². The van der Waals surface area contributed by atoms with Gasteiger partial charge in [-0.15, -0.1) is 0 Å². The lowest BCUT2D eigenvalue weighted by molar-refractivity contribution is -0.111. The SMILES string of the molecule is CC(C)(C)c1cc(CCC(=O)SCCSC(=O)CCc2cc(C(C)(C)C)c(O)c(C(C)(C)C)c2)cc(C(C)(C)C)c1O. The summed E-state index contributed by atoms with van der Waals surface area (Å²) < 4.78 is 0. The number of carbonyl (C=O) groups excluding carboxylic acids is 2. The summed E-state index contributed by atoms with van der Waals surface area (Å²) in [4.78, 5) is 25.3. The Morgan fingerprint density at radius 1 is 0.524 bits per heavy atom. The summed E-state index contributed by atoms with van der Waals surface area (Å²) in [6.45, 7) is 25.1. The summed E-state index contributed by atoms with van der Waals surface area (Å²) in [5.41, 5.74) is 4.99. The highest BCUT2D eigenvalue weighted by atomic mass is 32.2. The molecule has 6 heteroatoms. The van der Waals surface area contributed by atoms with Gasteiger partial charge in [-0.25, -0.2) is 0 Å². The Kier molecular flexibility index (Phi) is 11.9. The number of carbonyl (C=O) groups is 2. The van der Waals surface area contributed by atoms with Gasteiger partial charge in [0.15, 0.2) is 10.2 Å². The second kappa shape index (κ2) is 13.8. The van der Waals surface area contributed by atoms with Crippen molar-refractivity contribution in [3.63, 3.8) is 0 Å². The molecule has 0 aliphatic heterocycles. The molecule has 0 unspecified atom stereocenters. The van der Waals surface area contributed by atoms with E-state index in [1.807, 2.05) is 24.3 Å². The summed E-state index contributed by atoms with van der Waals surface area (Å²) in [6, 6.07) is 8.17. The first kappa shape index (κ1) is 36.3. The van der Waals surface area contributed by atoms with Crippen molar-refractivity contribution in [1.82, 2.24) is 0 Å². The topological polar surface area (TPSA) is 74.6 Å². The van der Waals surface area contributed by atoms with E-state index in [-0.39, 0.29) is 31.9 Å². The van der Waals surface area contributed by atoms with Gasteiger partial charge >= 0.3 is 0 Å². The van der Waals surface area contributed by atoms with Crippen LogP contribution in [-0.2, 0) is 44.1 Å². The average Bonchev–Trinajstić information content (AvgIpc) is 2.82. The van der Waals surface area contributed by atoms with Gasteiger partial charge in [-0.3, -0.25) is 9.59 Å². The zero-order valence-electron chi connectivity index (χ0n) is 28.1. The maximum absolute atomic E-state index is 12.7. The van der Waals surface area contributed by atoms with Gasteiger partial charge in [0, 0.05) is 24.3 Å². The lowest BCUT2D eigenvalue weighted by atomic mass is 9.78. The molecular weight excluding hydrogens is 561 g/mol. The summed E-state index contributed by atoms with van der Waals surface area (Å²) in [7, 11) is 0. The van der Waals surface area contributed by atoms with E-state index in [9.17, 15) is 19.8 Å². The number of aromatic hydroxyl groups is 2. The number of aryl methyl sites for hydroxylation is 2. The summed E-state index contributed by atoms with van der Waals surface area (Å²) in [5, 5.41) is 22.1. The molecule has 0 aromatic heterocycles. The molecule has 0 heterocycles. The minimum atomic E-state index is -0.200. The normalized spacial score (nSPS) is 13.0. The number of phenolic OH excluding ortho intramolecular Hbond substituents is 2. The minimum Gasteiger partial charge on any atom is -0.507 e. The lowest BCUT2D eigenvalue weighted by Crippen LogP contribution is -2.18. The molecule has 0 fully saturated rings. The van der Waals surface area contributed by atoms with Crippen molar-refractivity contribution < 1.29 is 19.8 Å². The van der Waals surface area contributed by atoms with Crippen molar-refractivity contribution in [3.8, 4) is 11.5 Å². The number of hydrogen-bond acceptors (Lipinski definition) is 6. The van der Waals surface area contributed by atoms with E-state index in [1.54, 1.807) is 0 Å². The summed E-state index contributed by atoms with van der Waals surface area (Å²) in [6.07, 6.45) is 2.11. The second-order valence-corrected chi connectivity index (χ2v) is 17.8. The van der Waals surface area contributed by atoms with E-state index in [0.29, 0.717) is 48.7 Å². The molecule has 2 aromatic rings. The Morgan fingerprint density at radius 2 is 0.762 bits per heavy atom. The van der Waals surface area contributed by atoms with Crippen LogP contribution in [0.3, 0.4) is 0 Å². The summed E-state index contributed by atoms with van der Waals surface area (Å²) >= 11 is 2.59. The first-order chi connectivity index (χ1) is 19.0. The number of rotatable bonds is 9. The quantitative estimate of drug-likeness (QED) is 0.274. The Hall–Kier alpha value is -1.92. The van der Waals surface area contributed by atoms with Crippen LogP contribution in [-0.4, -0.2) is 31.9 Å². The average molecular weight is 615 g/mol. The van der Waals surface area contributed by atoms with E-state index in [2.05, 4.69) is 83.1 Å². The number of hydrogen-bond donors (Lipinski definition) is 2. The Morgan fingerprint density at radius 3 is 0.976 bits per heavy atom. The molecule has 0 amide bonds. The predicted molar refractivity (Wildman–Crippen MR) is 183 cm³/mol. The molecule has 2 aromatic carbocycles. The van der Waals surface area contributed by atoms with Crippen molar-refractivity contribution in [1.29, 1.82) is 0 Å². The van der Waals surface area contributed by atoms with Crippen LogP contribution >= 0.6 is 23.5 Å². The van der Waals surface area contributed by atoms with Crippen molar-refractivity contribution in [2.75, 3.05) is 11.5 Å². The van der Waals surface area contributed by atoms with Crippen LogP contribution in [0.1, 0.15) is 129 Å². The fourth-order valence-corrected chi connectivity index (χ4v) is 6.53. The number of thioether (sulfide) groups is 2. The molecule has 0 atom stereocenters. The highest BCUT2D eigenvalue weighted by Crippen LogP contribution is 2.41. The molecule has 0 aliphatic carbocycles. The van der Waals surface area contributed by atoms with Crippen LogP contribution in [0.5, 0.6) is 11.5 Å². The van der Waals surface area contributed by atoms with Gasteiger partial charge in [0.05, 0.1) is 0 Å². The minimum absolute atomic E-state index is 0.124. The van der Waals surface area contributed by atoms with Gasteiger partial charge in [-0.2, -0.15) is 0 Å². The highest BCUT2D eigenvalue weighted by molar-refractivity contribution is 8.16. The van der Waals surface area contributed by atoms with Crippen LogP contribution in [0.2, 0.25) is 0 Å². The Balaban J connectivity index is 1.91. The van der Waals surface area contributed by atoms with E-state index >= 15 is 0 Å². The molecule has 42 heavy (non-hydrogen) atoms. The van der Waals surface area contributed by atoms with Crippen LogP contribution in [0.4, 0.5) is 0 Å².